The smallest absolute Gasteiger partial charge is 0.262 e. The standard InChI is InChI=1S/C26H30BrCl2N3O5/c1-6-9-36-24-19(27)11-17(12-23(24)35-5)14-30-32-26(34)21(10-15(2)3)31-25(33)16(4)37-22-8-7-18(28)13-20(22)29/h6-8,11-16,21H,1,9-10H2,2-5H3,(H,31,33)(H,32,34)/b30-14-/t16-,21-/m0/s1. The summed E-state index contributed by atoms with van der Waals surface area (Å²) in [5.41, 5.74) is 3.14. The summed E-state index contributed by atoms with van der Waals surface area (Å²) in [6.07, 6.45) is 2.58. The average Bonchev–Trinajstić information content (AvgIpc) is 2.83. The molecule has 11 heteroatoms. The van der Waals surface area contributed by atoms with Gasteiger partial charge in [0.2, 0.25) is 0 Å². The van der Waals surface area contributed by atoms with E-state index in [1.165, 1.54) is 19.4 Å². The Labute approximate surface area is 235 Å². The number of benzene rings is 2. The van der Waals surface area contributed by atoms with Gasteiger partial charge in [-0.2, -0.15) is 5.10 Å². The first-order chi connectivity index (χ1) is 17.5. The van der Waals surface area contributed by atoms with E-state index in [9.17, 15) is 9.59 Å². The van der Waals surface area contributed by atoms with Crippen LogP contribution >= 0.6 is 39.1 Å². The average molecular weight is 615 g/mol. The molecule has 2 amide bonds. The maximum atomic E-state index is 12.9. The van der Waals surface area contributed by atoms with Crippen LogP contribution in [0.15, 0.2) is 52.6 Å². The van der Waals surface area contributed by atoms with Gasteiger partial charge in [-0.3, -0.25) is 9.59 Å². The Morgan fingerprint density at radius 3 is 2.49 bits per heavy atom. The predicted octanol–water partition coefficient (Wildman–Crippen LogP) is 5.78. The highest BCUT2D eigenvalue weighted by Crippen LogP contribution is 2.36. The molecule has 0 saturated heterocycles. The second kappa shape index (κ2) is 14.9. The number of ether oxygens (including phenoxy) is 3. The number of hydrazone groups is 1. The highest BCUT2D eigenvalue weighted by molar-refractivity contribution is 9.10. The molecule has 0 radical (unpaired) electrons. The van der Waals surface area contributed by atoms with Crippen molar-refractivity contribution < 1.29 is 23.8 Å². The second-order valence-electron chi connectivity index (χ2n) is 8.39. The van der Waals surface area contributed by atoms with Crippen molar-refractivity contribution in [3.63, 3.8) is 0 Å². The number of nitrogens with one attached hydrogen (secondary N) is 2. The number of methoxy groups -OCH3 is 1. The SMILES string of the molecule is C=CCOc1c(Br)cc(/C=N\NC(=O)[C@H](CC(C)C)NC(=O)[C@H](C)Oc2ccc(Cl)cc2Cl)cc1OC. The highest BCUT2D eigenvalue weighted by Gasteiger charge is 2.25. The van der Waals surface area contributed by atoms with E-state index in [-0.39, 0.29) is 10.9 Å². The molecule has 8 nitrogen and oxygen atoms in total. The maximum Gasteiger partial charge on any atom is 0.262 e. The van der Waals surface area contributed by atoms with Crippen molar-refractivity contribution in [3.05, 3.63) is 63.1 Å². The molecule has 2 aromatic rings. The van der Waals surface area contributed by atoms with E-state index in [0.717, 1.165) is 0 Å². The molecule has 2 rings (SSSR count). The van der Waals surface area contributed by atoms with Gasteiger partial charge in [0.15, 0.2) is 17.6 Å². The van der Waals surface area contributed by atoms with Gasteiger partial charge in [0.1, 0.15) is 18.4 Å². The monoisotopic (exact) mass is 613 g/mol. The topological polar surface area (TPSA) is 98.2 Å². The molecular formula is C26H30BrCl2N3O5. The number of hydrogen-bond donors (Lipinski definition) is 2. The van der Waals surface area contributed by atoms with Crippen LogP contribution in [0.2, 0.25) is 10.0 Å². The number of amides is 2. The van der Waals surface area contributed by atoms with Crippen LogP contribution in [0, 0.1) is 5.92 Å². The van der Waals surface area contributed by atoms with Gasteiger partial charge in [0.25, 0.3) is 11.8 Å². The first-order valence-corrected chi connectivity index (χ1v) is 13.0. The lowest BCUT2D eigenvalue weighted by atomic mass is 10.0. The Hall–Kier alpha value is -2.75. The number of carbonyl (C=O) groups excluding carboxylic acids is 2. The minimum Gasteiger partial charge on any atom is -0.493 e. The zero-order valence-electron chi connectivity index (χ0n) is 21.0. The summed E-state index contributed by atoms with van der Waals surface area (Å²) in [6.45, 7) is 9.41. The molecule has 37 heavy (non-hydrogen) atoms. The minimum absolute atomic E-state index is 0.130. The van der Waals surface area contributed by atoms with Crippen LogP contribution in [0.4, 0.5) is 0 Å². The number of nitrogens with zero attached hydrogens (tertiary/aromatic N) is 1. The van der Waals surface area contributed by atoms with Crippen LogP contribution in [-0.4, -0.2) is 43.9 Å². The minimum atomic E-state index is -0.906. The van der Waals surface area contributed by atoms with E-state index in [1.807, 2.05) is 13.8 Å². The summed E-state index contributed by atoms with van der Waals surface area (Å²) in [4.78, 5) is 25.6. The molecule has 0 aliphatic heterocycles. The molecule has 0 aliphatic rings. The lowest BCUT2D eigenvalue weighted by Gasteiger charge is -2.22. The largest absolute Gasteiger partial charge is 0.493 e. The molecule has 0 spiro atoms. The molecule has 0 heterocycles. The van der Waals surface area contributed by atoms with Crippen molar-refractivity contribution in [1.29, 1.82) is 0 Å². The van der Waals surface area contributed by atoms with E-state index in [0.29, 0.717) is 45.3 Å². The normalized spacial score (nSPS) is 12.6. The maximum absolute atomic E-state index is 12.9. The van der Waals surface area contributed by atoms with E-state index < -0.39 is 24.0 Å². The molecule has 0 aliphatic carbocycles. The van der Waals surface area contributed by atoms with E-state index in [4.69, 9.17) is 37.4 Å². The second-order valence-corrected chi connectivity index (χ2v) is 10.1. The summed E-state index contributed by atoms with van der Waals surface area (Å²) < 4.78 is 17.3. The van der Waals surface area contributed by atoms with Gasteiger partial charge >= 0.3 is 0 Å². The van der Waals surface area contributed by atoms with Crippen molar-refractivity contribution in [2.75, 3.05) is 13.7 Å². The van der Waals surface area contributed by atoms with E-state index in [1.54, 1.807) is 37.3 Å². The van der Waals surface area contributed by atoms with Crippen molar-refractivity contribution in [2.45, 2.75) is 39.3 Å². The van der Waals surface area contributed by atoms with Crippen LogP contribution in [0.3, 0.4) is 0 Å². The Morgan fingerprint density at radius 2 is 1.86 bits per heavy atom. The molecule has 2 atom stereocenters. The van der Waals surface area contributed by atoms with Crippen molar-refractivity contribution in [2.24, 2.45) is 11.0 Å². The van der Waals surface area contributed by atoms with Crippen LogP contribution in [0.1, 0.15) is 32.8 Å². The van der Waals surface area contributed by atoms with Gasteiger partial charge in [-0.15, -0.1) is 0 Å². The highest BCUT2D eigenvalue weighted by atomic mass is 79.9. The summed E-state index contributed by atoms with van der Waals surface area (Å²) in [5.74, 6) is 0.519. The Balaban J connectivity index is 2.07. The van der Waals surface area contributed by atoms with Crippen LogP contribution in [0.25, 0.3) is 0 Å². The molecule has 2 N–H and O–H groups in total. The first kappa shape index (κ1) is 30.5. The summed E-state index contributed by atoms with van der Waals surface area (Å²) >= 11 is 15.5. The Morgan fingerprint density at radius 1 is 1.14 bits per heavy atom. The fourth-order valence-corrected chi connectivity index (χ4v) is 4.18. The van der Waals surface area contributed by atoms with Crippen molar-refractivity contribution in [1.82, 2.24) is 10.7 Å². The summed E-state index contributed by atoms with van der Waals surface area (Å²) in [7, 11) is 1.52. The Kier molecular flexibility index (Phi) is 12.2. The summed E-state index contributed by atoms with van der Waals surface area (Å²) in [5, 5.41) is 7.51. The summed E-state index contributed by atoms with van der Waals surface area (Å²) in [6, 6.07) is 7.36. The zero-order chi connectivity index (χ0) is 27.5. The third kappa shape index (κ3) is 9.57. The van der Waals surface area contributed by atoms with Gasteiger partial charge in [0.05, 0.1) is 22.8 Å². The number of rotatable bonds is 13. The first-order valence-electron chi connectivity index (χ1n) is 11.4. The van der Waals surface area contributed by atoms with E-state index in [2.05, 4.69) is 38.4 Å². The molecule has 0 saturated carbocycles. The molecule has 0 bridgehead atoms. The molecule has 0 unspecified atom stereocenters. The molecule has 0 aromatic heterocycles. The fourth-order valence-electron chi connectivity index (χ4n) is 3.15. The fraction of sp³-hybridized carbons (Fsp3) is 0.346. The van der Waals surface area contributed by atoms with Crippen LogP contribution in [0.5, 0.6) is 17.2 Å². The third-order valence-electron chi connectivity index (χ3n) is 4.89. The van der Waals surface area contributed by atoms with Crippen molar-refractivity contribution >= 4 is 57.2 Å². The van der Waals surface area contributed by atoms with Crippen LogP contribution < -0.4 is 25.0 Å². The van der Waals surface area contributed by atoms with Gasteiger partial charge in [-0.25, -0.2) is 5.43 Å². The molecule has 2 aromatic carbocycles. The lowest BCUT2D eigenvalue weighted by Crippen LogP contribution is -2.49. The predicted molar refractivity (Wildman–Crippen MR) is 150 cm³/mol. The third-order valence-corrected chi connectivity index (χ3v) is 6.01. The van der Waals surface area contributed by atoms with Gasteiger partial charge < -0.3 is 19.5 Å². The number of hydrogen-bond acceptors (Lipinski definition) is 6. The Bertz CT molecular complexity index is 1140. The van der Waals surface area contributed by atoms with E-state index >= 15 is 0 Å². The molecule has 0 fully saturated rings. The molecule has 200 valence electrons. The van der Waals surface area contributed by atoms with Gasteiger partial charge in [-0.1, -0.05) is 49.7 Å². The van der Waals surface area contributed by atoms with Gasteiger partial charge in [0, 0.05) is 5.02 Å². The molecular weight excluding hydrogens is 585 g/mol. The zero-order valence-corrected chi connectivity index (χ0v) is 24.1. The number of halogens is 3. The lowest BCUT2D eigenvalue weighted by molar-refractivity contribution is -0.132. The quantitative estimate of drug-likeness (QED) is 0.169. The number of carbonyl (C=O) groups is 2. The van der Waals surface area contributed by atoms with Gasteiger partial charge in [-0.05, 0) is 71.1 Å². The van der Waals surface area contributed by atoms with Crippen LogP contribution in [-0.2, 0) is 9.59 Å². The van der Waals surface area contributed by atoms with Crippen molar-refractivity contribution in [3.8, 4) is 17.2 Å².